The van der Waals surface area contributed by atoms with Crippen LogP contribution in [0, 0.1) is 19.7 Å². The van der Waals surface area contributed by atoms with Crippen LogP contribution < -0.4 is 10.5 Å². The van der Waals surface area contributed by atoms with Gasteiger partial charge in [0.2, 0.25) is 0 Å². The third-order valence-electron chi connectivity index (χ3n) is 3.44. The van der Waals surface area contributed by atoms with Crippen LogP contribution in [0.4, 0.5) is 4.39 Å². The van der Waals surface area contributed by atoms with E-state index in [0.717, 1.165) is 23.1 Å². The van der Waals surface area contributed by atoms with E-state index in [1.807, 2.05) is 39.0 Å². The van der Waals surface area contributed by atoms with Gasteiger partial charge in [-0.3, -0.25) is 0 Å². The van der Waals surface area contributed by atoms with Crippen LogP contribution in [-0.4, -0.2) is 6.04 Å². The summed E-state index contributed by atoms with van der Waals surface area (Å²) in [6, 6.07) is 11.0. The Morgan fingerprint density at radius 2 is 1.76 bits per heavy atom. The maximum atomic E-state index is 14.1. The van der Waals surface area contributed by atoms with E-state index in [9.17, 15) is 4.39 Å². The van der Waals surface area contributed by atoms with E-state index in [1.165, 1.54) is 6.07 Å². The minimum absolute atomic E-state index is 0.0654. The molecule has 1 atom stereocenters. The van der Waals surface area contributed by atoms with Crippen molar-refractivity contribution in [2.75, 3.05) is 0 Å². The summed E-state index contributed by atoms with van der Waals surface area (Å²) in [5.41, 5.74) is 8.98. The molecule has 0 bridgehead atoms. The molecule has 0 amide bonds. The topological polar surface area (TPSA) is 35.2 Å². The van der Waals surface area contributed by atoms with Gasteiger partial charge in [-0.1, -0.05) is 19.1 Å². The zero-order valence-corrected chi connectivity index (χ0v) is 12.8. The van der Waals surface area contributed by atoms with Crippen molar-refractivity contribution in [3.05, 3.63) is 58.9 Å². The van der Waals surface area contributed by atoms with Gasteiger partial charge in [-0.15, -0.1) is 0 Å². The van der Waals surface area contributed by atoms with Crippen molar-refractivity contribution >= 4 is 0 Å². The molecule has 1 unspecified atom stereocenters. The molecule has 2 aromatic carbocycles. The Bertz CT molecular complexity index is 604. The lowest BCUT2D eigenvalue weighted by Crippen LogP contribution is -2.21. The number of halogens is 1. The first kappa shape index (κ1) is 15.5. The molecule has 0 saturated heterocycles. The van der Waals surface area contributed by atoms with Crippen molar-refractivity contribution in [3.63, 3.8) is 0 Å². The third kappa shape index (κ3) is 4.30. The molecule has 2 nitrogen and oxygen atoms in total. The van der Waals surface area contributed by atoms with Crippen LogP contribution in [0.15, 0.2) is 36.4 Å². The summed E-state index contributed by atoms with van der Waals surface area (Å²) in [4.78, 5) is 0. The number of ether oxygens (including phenoxy) is 1. The summed E-state index contributed by atoms with van der Waals surface area (Å²) in [7, 11) is 0. The fourth-order valence-corrected chi connectivity index (χ4v) is 2.32. The quantitative estimate of drug-likeness (QED) is 0.877. The molecule has 0 saturated carbocycles. The number of benzene rings is 2. The Hall–Kier alpha value is -1.87. The standard InChI is InChI=1S/C18H22FNO/c1-4-15(20)10-14-5-6-18(17(19)11-14)21-16-8-12(2)7-13(3)9-16/h5-9,11,15H,4,10,20H2,1-3H3. The minimum atomic E-state index is -0.352. The molecule has 21 heavy (non-hydrogen) atoms. The van der Waals surface area contributed by atoms with Gasteiger partial charge in [-0.2, -0.15) is 0 Å². The fourth-order valence-electron chi connectivity index (χ4n) is 2.32. The summed E-state index contributed by atoms with van der Waals surface area (Å²) in [5, 5.41) is 0. The van der Waals surface area contributed by atoms with Crippen molar-refractivity contribution in [2.24, 2.45) is 5.73 Å². The highest BCUT2D eigenvalue weighted by molar-refractivity contribution is 5.38. The van der Waals surface area contributed by atoms with Crippen molar-refractivity contribution in [2.45, 2.75) is 39.7 Å². The van der Waals surface area contributed by atoms with E-state index < -0.39 is 0 Å². The summed E-state index contributed by atoms with van der Waals surface area (Å²) < 4.78 is 19.8. The average Bonchev–Trinajstić information content (AvgIpc) is 2.40. The molecule has 0 aliphatic carbocycles. The number of aryl methyl sites for hydroxylation is 2. The maximum absolute atomic E-state index is 14.1. The van der Waals surface area contributed by atoms with E-state index in [-0.39, 0.29) is 17.6 Å². The normalized spacial score (nSPS) is 12.2. The van der Waals surface area contributed by atoms with E-state index in [2.05, 4.69) is 6.07 Å². The lowest BCUT2D eigenvalue weighted by molar-refractivity contribution is 0.440. The van der Waals surface area contributed by atoms with Gasteiger partial charge in [0.1, 0.15) is 5.75 Å². The van der Waals surface area contributed by atoms with Crippen LogP contribution in [0.5, 0.6) is 11.5 Å². The second-order valence-corrected chi connectivity index (χ2v) is 5.56. The number of hydrogen-bond acceptors (Lipinski definition) is 2. The number of nitrogens with two attached hydrogens (primary N) is 1. The second-order valence-electron chi connectivity index (χ2n) is 5.56. The highest BCUT2D eigenvalue weighted by atomic mass is 19.1. The van der Waals surface area contributed by atoms with E-state index >= 15 is 0 Å². The molecule has 0 fully saturated rings. The predicted molar refractivity (Wildman–Crippen MR) is 84.4 cm³/mol. The molecular weight excluding hydrogens is 265 g/mol. The monoisotopic (exact) mass is 287 g/mol. The average molecular weight is 287 g/mol. The smallest absolute Gasteiger partial charge is 0.165 e. The van der Waals surface area contributed by atoms with Gasteiger partial charge in [0, 0.05) is 6.04 Å². The van der Waals surface area contributed by atoms with Gasteiger partial charge in [-0.25, -0.2) is 4.39 Å². The summed E-state index contributed by atoms with van der Waals surface area (Å²) in [6.45, 7) is 6.01. The zero-order chi connectivity index (χ0) is 15.4. The second kappa shape index (κ2) is 6.72. The molecule has 0 heterocycles. The number of rotatable bonds is 5. The van der Waals surface area contributed by atoms with Gasteiger partial charge >= 0.3 is 0 Å². The largest absolute Gasteiger partial charge is 0.454 e. The lowest BCUT2D eigenvalue weighted by Gasteiger charge is -2.12. The van der Waals surface area contributed by atoms with Crippen LogP contribution in [0.1, 0.15) is 30.0 Å². The van der Waals surface area contributed by atoms with Crippen molar-refractivity contribution in [1.82, 2.24) is 0 Å². The Kier molecular flexibility index (Phi) is 4.97. The minimum Gasteiger partial charge on any atom is -0.454 e. The first-order valence-electron chi connectivity index (χ1n) is 7.28. The van der Waals surface area contributed by atoms with Crippen LogP contribution in [0.3, 0.4) is 0 Å². The Labute approximate surface area is 125 Å². The van der Waals surface area contributed by atoms with Crippen molar-refractivity contribution in [3.8, 4) is 11.5 Å². The molecule has 3 heteroatoms. The Morgan fingerprint density at radius 1 is 1.10 bits per heavy atom. The van der Waals surface area contributed by atoms with Crippen LogP contribution in [-0.2, 0) is 6.42 Å². The van der Waals surface area contributed by atoms with Gasteiger partial charge in [0.25, 0.3) is 0 Å². The molecule has 2 rings (SSSR count). The molecule has 0 aromatic heterocycles. The maximum Gasteiger partial charge on any atom is 0.165 e. The summed E-state index contributed by atoms with van der Waals surface area (Å²) >= 11 is 0. The van der Waals surface area contributed by atoms with E-state index in [1.54, 1.807) is 6.07 Å². The van der Waals surface area contributed by atoms with Gasteiger partial charge in [-0.05, 0) is 67.6 Å². The van der Waals surface area contributed by atoms with Crippen molar-refractivity contribution in [1.29, 1.82) is 0 Å². The zero-order valence-electron chi connectivity index (χ0n) is 12.8. The highest BCUT2D eigenvalue weighted by Gasteiger charge is 2.09. The molecule has 2 aromatic rings. The molecule has 112 valence electrons. The Balaban J connectivity index is 2.17. The lowest BCUT2D eigenvalue weighted by atomic mass is 10.0. The fraction of sp³-hybridized carbons (Fsp3) is 0.333. The third-order valence-corrected chi connectivity index (χ3v) is 3.44. The van der Waals surface area contributed by atoms with Crippen LogP contribution >= 0.6 is 0 Å². The molecule has 0 aliphatic heterocycles. The first-order chi connectivity index (χ1) is 9.97. The highest BCUT2D eigenvalue weighted by Crippen LogP contribution is 2.27. The van der Waals surface area contributed by atoms with Gasteiger partial charge in [0.15, 0.2) is 11.6 Å². The van der Waals surface area contributed by atoms with Crippen molar-refractivity contribution < 1.29 is 9.13 Å². The molecule has 0 radical (unpaired) electrons. The molecule has 0 aliphatic rings. The first-order valence-corrected chi connectivity index (χ1v) is 7.28. The van der Waals surface area contributed by atoms with Gasteiger partial charge < -0.3 is 10.5 Å². The van der Waals surface area contributed by atoms with E-state index in [4.69, 9.17) is 10.5 Å². The molecular formula is C18H22FNO. The molecule has 0 spiro atoms. The van der Waals surface area contributed by atoms with Gasteiger partial charge in [0.05, 0.1) is 0 Å². The summed E-state index contributed by atoms with van der Waals surface area (Å²) in [6.07, 6.45) is 1.56. The molecule has 2 N–H and O–H groups in total. The number of hydrogen-bond donors (Lipinski definition) is 1. The van der Waals surface area contributed by atoms with Crippen LogP contribution in [0.25, 0.3) is 0 Å². The van der Waals surface area contributed by atoms with E-state index in [0.29, 0.717) is 12.2 Å². The summed E-state index contributed by atoms with van der Waals surface area (Å²) in [5.74, 6) is 0.549. The predicted octanol–water partition coefficient (Wildman–Crippen LogP) is 4.51. The SMILES string of the molecule is CCC(N)Cc1ccc(Oc2cc(C)cc(C)c2)c(F)c1. The Morgan fingerprint density at radius 3 is 2.33 bits per heavy atom. The van der Waals surface area contributed by atoms with Crippen LogP contribution in [0.2, 0.25) is 0 Å².